The molecule has 5 rings (SSSR count). The zero-order valence-corrected chi connectivity index (χ0v) is 19.4. The molecule has 2 fully saturated rings. The van der Waals surface area contributed by atoms with Gasteiger partial charge in [0.1, 0.15) is 17.6 Å². The zero-order valence-electron chi connectivity index (χ0n) is 19.4. The molecule has 0 unspecified atom stereocenters. The standard InChI is InChI=1S/C27H30N2O5/c1-2-26(24(31)32)16-29(17-26)23(30)27(13-7-8-14-27)28-25(33)34-15-22-20-11-5-3-9-18(20)19-10-4-6-12-21(19)22/h3-6,9-12,22H,2,7-8,13-17H2,1H3,(H,28,33)(H,31,32). The molecule has 2 aromatic carbocycles. The average molecular weight is 463 g/mol. The first-order valence-corrected chi connectivity index (χ1v) is 12.1. The van der Waals surface area contributed by atoms with Crippen molar-refractivity contribution in [2.75, 3.05) is 19.7 Å². The van der Waals surface area contributed by atoms with Crippen LogP contribution < -0.4 is 5.32 Å². The van der Waals surface area contributed by atoms with Gasteiger partial charge in [-0.25, -0.2) is 4.79 Å². The van der Waals surface area contributed by atoms with E-state index in [2.05, 4.69) is 29.6 Å². The Bertz CT molecular complexity index is 1090. The second-order valence-electron chi connectivity index (χ2n) is 9.84. The molecule has 2 amide bonds. The molecule has 178 valence electrons. The number of carboxylic acid groups (broad SMARTS) is 1. The van der Waals surface area contributed by atoms with Crippen LogP contribution in [0.3, 0.4) is 0 Å². The smallest absolute Gasteiger partial charge is 0.408 e. The number of carbonyl (C=O) groups excluding carboxylic acids is 2. The van der Waals surface area contributed by atoms with Crippen LogP contribution >= 0.6 is 0 Å². The first-order valence-electron chi connectivity index (χ1n) is 12.1. The molecule has 7 nitrogen and oxygen atoms in total. The summed E-state index contributed by atoms with van der Waals surface area (Å²) in [4.78, 5) is 39.5. The summed E-state index contributed by atoms with van der Waals surface area (Å²) in [5.41, 5.74) is 2.69. The molecule has 3 aliphatic rings. The van der Waals surface area contributed by atoms with E-state index in [1.54, 1.807) is 4.90 Å². The van der Waals surface area contributed by atoms with E-state index in [0.29, 0.717) is 19.3 Å². The number of alkyl carbamates (subject to hydrolysis) is 1. The van der Waals surface area contributed by atoms with Gasteiger partial charge in [0.25, 0.3) is 0 Å². The summed E-state index contributed by atoms with van der Waals surface area (Å²) in [6, 6.07) is 16.3. The molecular formula is C27H30N2O5. The van der Waals surface area contributed by atoms with E-state index in [4.69, 9.17) is 4.74 Å². The Kier molecular flexibility index (Phi) is 5.58. The van der Waals surface area contributed by atoms with Crippen LogP contribution in [-0.2, 0) is 14.3 Å². The minimum absolute atomic E-state index is 0.0514. The molecule has 34 heavy (non-hydrogen) atoms. The Balaban J connectivity index is 1.27. The van der Waals surface area contributed by atoms with Crippen LogP contribution in [0.1, 0.15) is 56.1 Å². The number of ether oxygens (including phenoxy) is 1. The summed E-state index contributed by atoms with van der Waals surface area (Å²) in [5.74, 6) is -1.11. The number of hydrogen-bond acceptors (Lipinski definition) is 4. The molecule has 0 atom stereocenters. The topological polar surface area (TPSA) is 95.9 Å². The van der Waals surface area contributed by atoms with E-state index in [-0.39, 0.29) is 31.5 Å². The minimum atomic E-state index is -1.01. The maximum absolute atomic E-state index is 13.4. The van der Waals surface area contributed by atoms with Gasteiger partial charge in [-0.3, -0.25) is 9.59 Å². The number of rotatable bonds is 6. The number of aliphatic carboxylic acids is 1. The second kappa shape index (κ2) is 8.46. The normalized spacial score (nSPS) is 19.6. The lowest BCUT2D eigenvalue weighted by molar-refractivity contribution is -0.169. The number of benzene rings is 2. The van der Waals surface area contributed by atoms with E-state index >= 15 is 0 Å². The summed E-state index contributed by atoms with van der Waals surface area (Å²) in [6.07, 6.45) is 2.62. The van der Waals surface area contributed by atoms with Crippen molar-refractivity contribution in [3.8, 4) is 11.1 Å². The number of nitrogens with one attached hydrogen (secondary N) is 1. The fourth-order valence-corrected chi connectivity index (χ4v) is 5.84. The molecule has 2 N–H and O–H groups in total. The third-order valence-corrected chi connectivity index (χ3v) is 7.96. The highest BCUT2D eigenvalue weighted by molar-refractivity contribution is 5.92. The first kappa shape index (κ1) is 22.4. The highest BCUT2D eigenvalue weighted by Crippen LogP contribution is 2.44. The van der Waals surface area contributed by atoms with Gasteiger partial charge in [0.2, 0.25) is 5.91 Å². The van der Waals surface area contributed by atoms with Crippen molar-refractivity contribution >= 4 is 18.0 Å². The van der Waals surface area contributed by atoms with Gasteiger partial charge in [0.05, 0.1) is 0 Å². The van der Waals surface area contributed by atoms with Gasteiger partial charge in [-0.2, -0.15) is 0 Å². The Morgan fingerprint density at radius 2 is 1.56 bits per heavy atom. The molecule has 1 heterocycles. The molecule has 0 aromatic heterocycles. The van der Waals surface area contributed by atoms with Crippen molar-refractivity contribution in [1.29, 1.82) is 0 Å². The summed E-state index contributed by atoms with van der Waals surface area (Å²) in [6.45, 7) is 2.39. The van der Waals surface area contributed by atoms with E-state index in [1.807, 2.05) is 31.2 Å². The number of carbonyl (C=O) groups is 3. The van der Waals surface area contributed by atoms with Gasteiger partial charge in [-0.05, 0) is 41.5 Å². The summed E-state index contributed by atoms with van der Waals surface area (Å²) in [7, 11) is 0. The van der Waals surface area contributed by atoms with Gasteiger partial charge in [0, 0.05) is 19.0 Å². The molecule has 1 aliphatic heterocycles. The first-order chi connectivity index (χ1) is 16.4. The molecule has 2 aromatic rings. The number of carboxylic acids is 1. The van der Waals surface area contributed by atoms with Crippen LogP contribution in [0.5, 0.6) is 0 Å². The lowest BCUT2D eigenvalue weighted by atomic mass is 9.76. The summed E-state index contributed by atoms with van der Waals surface area (Å²) >= 11 is 0. The molecule has 1 saturated heterocycles. The van der Waals surface area contributed by atoms with Crippen molar-refractivity contribution in [1.82, 2.24) is 10.2 Å². The summed E-state index contributed by atoms with van der Waals surface area (Å²) in [5, 5.41) is 12.4. The third-order valence-electron chi connectivity index (χ3n) is 7.96. The fourth-order valence-electron chi connectivity index (χ4n) is 5.84. The van der Waals surface area contributed by atoms with Gasteiger partial charge >= 0.3 is 12.1 Å². The monoisotopic (exact) mass is 462 g/mol. The van der Waals surface area contributed by atoms with Crippen molar-refractivity contribution in [2.24, 2.45) is 5.41 Å². The molecule has 0 bridgehead atoms. The highest BCUT2D eigenvalue weighted by atomic mass is 16.5. The lowest BCUT2D eigenvalue weighted by Gasteiger charge is -2.49. The third kappa shape index (κ3) is 3.54. The number of nitrogens with zero attached hydrogens (tertiary/aromatic N) is 1. The number of amides is 2. The zero-order chi connectivity index (χ0) is 23.9. The highest BCUT2D eigenvalue weighted by Gasteiger charge is 2.55. The Morgan fingerprint density at radius 3 is 2.09 bits per heavy atom. The van der Waals surface area contributed by atoms with Crippen LogP contribution in [0.25, 0.3) is 11.1 Å². The van der Waals surface area contributed by atoms with Crippen molar-refractivity contribution in [3.05, 3.63) is 59.7 Å². The van der Waals surface area contributed by atoms with E-state index in [0.717, 1.165) is 35.1 Å². The Hall–Kier alpha value is -3.35. The van der Waals surface area contributed by atoms with Crippen molar-refractivity contribution in [3.63, 3.8) is 0 Å². The number of hydrogen-bond donors (Lipinski definition) is 2. The van der Waals surface area contributed by atoms with E-state index < -0.39 is 23.0 Å². The molecule has 7 heteroatoms. The molecule has 2 aliphatic carbocycles. The van der Waals surface area contributed by atoms with Crippen LogP contribution in [0, 0.1) is 5.41 Å². The number of likely N-dealkylation sites (tertiary alicyclic amines) is 1. The SMILES string of the molecule is CCC1(C(=O)O)CN(C(=O)C2(NC(=O)OCC3c4ccccc4-c4ccccc43)CCCC2)C1. The van der Waals surface area contributed by atoms with E-state index in [9.17, 15) is 19.5 Å². The Morgan fingerprint density at radius 1 is 1.00 bits per heavy atom. The maximum Gasteiger partial charge on any atom is 0.408 e. The lowest BCUT2D eigenvalue weighted by Crippen LogP contribution is -2.68. The predicted octanol–water partition coefficient (Wildman–Crippen LogP) is 4.16. The van der Waals surface area contributed by atoms with Crippen LogP contribution in [-0.4, -0.2) is 53.2 Å². The van der Waals surface area contributed by atoms with Crippen molar-refractivity contribution < 1.29 is 24.2 Å². The largest absolute Gasteiger partial charge is 0.481 e. The summed E-state index contributed by atoms with van der Waals surface area (Å²) < 4.78 is 5.69. The molecule has 0 radical (unpaired) electrons. The molecule has 0 spiro atoms. The van der Waals surface area contributed by atoms with Gasteiger partial charge in [0.15, 0.2) is 0 Å². The predicted molar refractivity (Wildman–Crippen MR) is 126 cm³/mol. The second-order valence-corrected chi connectivity index (χ2v) is 9.84. The van der Waals surface area contributed by atoms with Gasteiger partial charge in [-0.15, -0.1) is 0 Å². The van der Waals surface area contributed by atoms with E-state index in [1.165, 1.54) is 0 Å². The maximum atomic E-state index is 13.4. The van der Waals surface area contributed by atoms with Crippen molar-refractivity contribution in [2.45, 2.75) is 50.5 Å². The van der Waals surface area contributed by atoms with Gasteiger partial charge < -0.3 is 20.1 Å². The number of fused-ring (bicyclic) bond motifs is 3. The Labute approximate surface area is 199 Å². The minimum Gasteiger partial charge on any atom is -0.481 e. The fraction of sp³-hybridized carbons (Fsp3) is 0.444. The van der Waals surface area contributed by atoms with Crippen LogP contribution in [0.15, 0.2) is 48.5 Å². The van der Waals surface area contributed by atoms with Crippen LogP contribution in [0.2, 0.25) is 0 Å². The molecular weight excluding hydrogens is 432 g/mol. The van der Waals surface area contributed by atoms with Gasteiger partial charge in [-0.1, -0.05) is 68.3 Å². The quantitative estimate of drug-likeness (QED) is 0.672. The molecule has 1 saturated carbocycles. The van der Waals surface area contributed by atoms with Crippen LogP contribution in [0.4, 0.5) is 4.79 Å². The average Bonchev–Trinajstić information content (AvgIpc) is 3.40.